The zero-order chi connectivity index (χ0) is 57.2. The van der Waals surface area contributed by atoms with E-state index in [0.29, 0.717) is 77.3 Å². The highest BCUT2D eigenvalue weighted by atomic mass is 16.5. The van der Waals surface area contributed by atoms with Crippen LogP contribution >= 0.6 is 0 Å². The van der Waals surface area contributed by atoms with Crippen LogP contribution in [0.1, 0.15) is 144 Å². The minimum absolute atomic E-state index is 0.0132. The Kier molecular flexibility index (Phi) is 17.3. The highest BCUT2D eigenvalue weighted by molar-refractivity contribution is 5.96. The largest absolute Gasteiger partial charge is 0.481 e. The van der Waals surface area contributed by atoms with Crippen LogP contribution < -0.4 is 41.1 Å². The Hall–Kier alpha value is -8.67. The van der Waals surface area contributed by atoms with E-state index < -0.39 is 55.4 Å². The molecule has 4 fully saturated rings. The molecule has 7 aromatic rings. The molecule has 4 aromatic heterocycles. The van der Waals surface area contributed by atoms with Crippen molar-refractivity contribution in [3.8, 4) is 17.2 Å². The second kappa shape index (κ2) is 25.0. The molecule has 18 nitrogen and oxygen atoms in total. The number of hydrogen-bond donors (Lipinski definition) is 2. The second-order valence-corrected chi connectivity index (χ2v) is 23.0. The number of nitrogens with zero attached hydrogens (tertiary/aromatic N) is 3. The predicted octanol–water partition coefficient (Wildman–Crippen LogP) is 9.94. The number of carbonyl (C=O) groups is 4. The quantitative estimate of drug-likeness (QED) is 0.0342. The van der Waals surface area contributed by atoms with Crippen LogP contribution in [0, 0.1) is 28.6 Å². The van der Waals surface area contributed by atoms with Crippen LogP contribution in [0.15, 0.2) is 162 Å². The number of carbonyl (C=O) groups excluding carboxylic acids is 4. The van der Waals surface area contributed by atoms with E-state index in [1.165, 1.54) is 30.7 Å². The molecule has 2 amide bonds. The smallest absolute Gasteiger partial charge is 0.291 e. The standard InChI is InChI=1S/C64H67N5O13/c1-44-32-69(68-67-44)28-13-5-12-20-53(75)65-42-63-37-61(26-21-48(70)54-56(50(72)23-29-77-54)80-33-45-14-6-2-7-15-45)36-62(38-63,27-22-49(71)55-57(51(73)24-30-78-55)81-34-46-16-8-3-9-17-46)40-64(39-61,41-63)43-66-60(76)59-58(52(74)25-31-79-59)82-35-47-18-10-4-11-19-47/h2-4,6-11,14-19,23-25,29-32H,5,12-13,20-22,26-28,33-43H2,1H3,(H,65,75)(H,66,76)/t61-,62+,63?,64?. The number of ether oxygens (including phenoxy) is 3. The first kappa shape index (κ1) is 56.6. The van der Waals surface area contributed by atoms with E-state index in [4.69, 9.17) is 27.5 Å². The van der Waals surface area contributed by atoms with Crippen molar-refractivity contribution in [3.63, 3.8) is 0 Å². The van der Waals surface area contributed by atoms with Gasteiger partial charge in [-0.15, -0.1) is 5.10 Å². The minimum Gasteiger partial charge on any atom is -0.481 e. The summed E-state index contributed by atoms with van der Waals surface area (Å²) >= 11 is 0. The molecule has 11 rings (SSSR count). The summed E-state index contributed by atoms with van der Waals surface area (Å²) in [4.78, 5) is 97.6. The lowest BCUT2D eigenvalue weighted by molar-refractivity contribution is -0.202. The number of aryl methyl sites for hydroxylation is 2. The molecule has 0 saturated heterocycles. The molecule has 82 heavy (non-hydrogen) atoms. The summed E-state index contributed by atoms with van der Waals surface area (Å²) in [6.07, 6.45) is 12.1. The van der Waals surface area contributed by atoms with Gasteiger partial charge in [-0.2, -0.15) is 0 Å². The van der Waals surface area contributed by atoms with E-state index in [1.807, 2.05) is 104 Å². The molecule has 0 radical (unpaired) electrons. The summed E-state index contributed by atoms with van der Waals surface area (Å²) < 4.78 is 37.1. The normalized spacial score (nSPS) is 20.5. The van der Waals surface area contributed by atoms with Crippen molar-refractivity contribution in [3.05, 3.63) is 205 Å². The van der Waals surface area contributed by atoms with Gasteiger partial charge in [-0.05, 0) is 109 Å². The van der Waals surface area contributed by atoms with Crippen LogP contribution in [0.3, 0.4) is 0 Å². The van der Waals surface area contributed by atoms with Crippen molar-refractivity contribution in [2.24, 2.45) is 21.7 Å². The number of ketones is 2. The highest BCUT2D eigenvalue weighted by Gasteiger charge is 2.67. The van der Waals surface area contributed by atoms with Gasteiger partial charge in [0.1, 0.15) is 19.8 Å². The first-order valence-corrected chi connectivity index (χ1v) is 28.0. The van der Waals surface area contributed by atoms with E-state index in [1.54, 1.807) is 4.68 Å². The summed E-state index contributed by atoms with van der Waals surface area (Å²) in [6, 6.07) is 31.4. The highest BCUT2D eigenvalue weighted by Crippen LogP contribution is 2.75. The number of unbranched alkanes of at least 4 members (excludes halogenated alkanes) is 2. The van der Waals surface area contributed by atoms with Gasteiger partial charge in [0.15, 0.2) is 0 Å². The van der Waals surface area contributed by atoms with Gasteiger partial charge in [0, 0.05) is 63.3 Å². The van der Waals surface area contributed by atoms with Crippen LogP contribution in [-0.2, 0) is 31.2 Å². The van der Waals surface area contributed by atoms with Crippen LogP contribution in [0.2, 0.25) is 0 Å². The Balaban J connectivity index is 0.949. The fourth-order valence-corrected chi connectivity index (χ4v) is 13.7. The SMILES string of the molecule is Cc1cn(CCCCCC(=O)NCC23CC4(CNC(=O)c5occc(=O)c5OCc5ccccc5)C[C@](CCC(=O)c5occc(=O)c5OCc5ccccc5)(C2)C[C@](CCC(=O)c2occc(=O)c2OCc2ccccc2)(C3)C4)nn1. The van der Waals surface area contributed by atoms with Gasteiger partial charge in [0.2, 0.25) is 68.3 Å². The average molecular weight is 1110 g/mol. The van der Waals surface area contributed by atoms with E-state index in [9.17, 15) is 33.6 Å². The third kappa shape index (κ3) is 13.6. The monoisotopic (exact) mass is 1110 g/mol. The van der Waals surface area contributed by atoms with E-state index >= 15 is 0 Å². The maximum Gasteiger partial charge on any atom is 0.291 e. The third-order valence-corrected chi connectivity index (χ3v) is 16.4. The van der Waals surface area contributed by atoms with Crippen molar-refractivity contribution in [1.82, 2.24) is 25.6 Å². The molecule has 0 aliphatic heterocycles. The molecular formula is C64H67N5O13. The molecule has 2 N–H and O–H groups in total. The third-order valence-electron chi connectivity index (χ3n) is 16.4. The Labute approximate surface area is 473 Å². The van der Waals surface area contributed by atoms with Crippen molar-refractivity contribution in [1.29, 1.82) is 0 Å². The van der Waals surface area contributed by atoms with Gasteiger partial charge in [0.05, 0.1) is 24.5 Å². The summed E-state index contributed by atoms with van der Waals surface area (Å²) in [6.45, 7) is 3.07. The first-order valence-electron chi connectivity index (χ1n) is 28.0. The van der Waals surface area contributed by atoms with Crippen LogP contribution in [0.5, 0.6) is 17.2 Å². The van der Waals surface area contributed by atoms with Crippen molar-refractivity contribution >= 4 is 23.4 Å². The van der Waals surface area contributed by atoms with Gasteiger partial charge >= 0.3 is 0 Å². The molecular weight excluding hydrogens is 1050 g/mol. The zero-order valence-electron chi connectivity index (χ0n) is 46.0. The summed E-state index contributed by atoms with van der Waals surface area (Å²) in [5.41, 5.74) is -0.766. The van der Waals surface area contributed by atoms with E-state index in [2.05, 4.69) is 20.9 Å². The van der Waals surface area contributed by atoms with Gasteiger partial charge in [-0.3, -0.25) is 38.2 Å². The maximum atomic E-state index is 14.6. The van der Waals surface area contributed by atoms with Gasteiger partial charge in [-0.25, -0.2) is 0 Å². The van der Waals surface area contributed by atoms with Crippen LogP contribution in [0.25, 0.3) is 0 Å². The fourth-order valence-electron chi connectivity index (χ4n) is 13.7. The fraction of sp³-hybridized carbons (Fsp3) is 0.391. The number of benzene rings is 3. The molecule has 0 spiro atoms. The number of hydrogen-bond acceptors (Lipinski definition) is 15. The summed E-state index contributed by atoms with van der Waals surface area (Å²) in [7, 11) is 0. The summed E-state index contributed by atoms with van der Waals surface area (Å²) in [5.74, 6) is -2.84. The molecule has 4 aliphatic rings. The molecule has 4 heterocycles. The lowest BCUT2D eigenvalue weighted by Crippen LogP contribution is -2.65. The number of Topliss-reactive ketones (excluding diaryl/α,β-unsaturated/α-hetero) is 2. The molecule has 426 valence electrons. The number of aromatic nitrogens is 3. The average Bonchev–Trinajstić information content (AvgIpc) is 1.11. The maximum absolute atomic E-state index is 14.6. The van der Waals surface area contributed by atoms with E-state index in [0.717, 1.165) is 41.5 Å². The lowest BCUT2D eigenvalue weighted by Gasteiger charge is -2.71. The topological polar surface area (TPSA) is 241 Å². The Bertz CT molecular complexity index is 3250. The molecule has 3 aromatic carbocycles. The van der Waals surface area contributed by atoms with Gasteiger partial charge < -0.3 is 38.1 Å². The first-order chi connectivity index (χ1) is 39.7. The second-order valence-electron chi connectivity index (χ2n) is 23.0. The van der Waals surface area contributed by atoms with Gasteiger partial charge in [-0.1, -0.05) is 103 Å². The minimum atomic E-state index is -0.673. The van der Waals surface area contributed by atoms with E-state index in [-0.39, 0.29) is 79.6 Å². The molecule has 4 atom stereocenters. The molecule has 4 saturated carbocycles. The Morgan fingerprint density at radius 1 is 0.512 bits per heavy atom. The van der Waals surface area contributed by atoms with Crippen molar-refractivity contribution in [2.45, 2.75) is 123 Å². The zero-order valence-corrected chi connectivity index (χ0v) is 46.0. The molecule has 18 heteroatoms. The van der Waals surface area contributed by atoms with Crippen LogP contribution in [0.4, 0.5) is 0 Å². The number of rotatable bonds is 28. The Morgan fingerprint density at radius 3 is 1.38 bits per heavy atom. The molecule has 4 aliphatic carbocycles. The Morgan fingerprint density at radius 2 is 0.927 bits per heavy atom. The number of nitrogens with one attached hydrogen (secondary N) is 2. The predicted molar refractivity (Wildman–Crippen MR) is 300 cm³/mol. The lowest BCUT2D eigenvalue weighted by atomic mass is 9.34. The van der Waals surface area contributed by atoms with Crippen LogP contribution in [-0.4, -0.2) is 51.5 Å². The van der Waals surface area contributed by atoms with Crippen molar-refractivity contribution in [2.75, 3.05) is 13.1 Å². The summed E-state index contributed by atoms with van der Waals surface area (Å²) in [5, 5.41) is 14.6. The van der Waals surface area contributed by atoms with Gasteiger partial charge in [0.25, 0.3) is 5.91 Å². The molecule has 2 unspecified atom stereocenters. The van der Waals surface area contributed by atoms with Crippen molar-refractivity contribution < 1.29 is 46.6 Å². The number of amides is 2. The molecule has 4 bridgehead atoms.